The Bertz CT molecular complexity index is 484. The Morgan fingerprint density at radius 2 is 2.24 bits per heavy atom. The van der Waals surface area contributed by atoms with Gasteiger partial charge in [-0.15, -0.1) is 11.3 Å². The zero-order chi connectivity index (χ0) is 15.4. The molecule has 0 spiro atoms. The molecule has 1 aromatic rings. The van der Waals surface area contributed by atoms with Crippen LogP contribution in [0.4, 0.5) is 0 Å². The molecule has 1 aromatic heterocycles. The van der Waals surface area contributed by atoms with Crippen molar-refractivity contribution < 1.29 is 4.79 Å². The van der Waals surface area contributed by atoms with Crippen LogP contribution in [0.5, 0.6) is 0 Å². The number of nitrogens with two attached hydrogens (primary N) is 1. The molecule has 3 N–H and O–H groups in total. The predicted octanol–water partition coefficient (Wildman–Crippen LogP) is 2.92. The maximum atomic E-state index is 11.6. The minimum Gasteiger partial charge on any atom is -0.299 e. The van der Waals surface area contributed by atoms with Gasteiger partial charge in [0, 0.05) is 11.4 Å². The Hall–Kier alpha value is -0.910. The average Bonchev–Trinajstić information content (AvgIpc) is 2.67. The fraction of sp³-hybridized carbons (Fsp3) is 0.688. The lowest BCUT2D eigenvalue weighted by atomic mass is 9.89. The van der Waals surface area contributed by atoms with E-state index in [0.29, 0.717) is 4.88 Å². The summed E-state index contributed by atoms with van der Waals surface area (Å²) in [6.07, 6.45) is 3.91. The summed E-state index contributed by atoms with van der Waals surface area (Å²) in [4.78, 5) is 16.1. The van der Waals surface area contributed by atoms with Gasteiger partial charge in [-0.25, -0.2) is 5.84 Å². The molecule has 2 rings (SSSR count). The van der Waals surface area contributed by atoms with E-state index in [1.54, 1.807) is 0 Å². The third-order valence-corrected chi connectivity index (χ3v) is 5.67. The summed E-state index contributed by atoms with van der Waals surface area (Å²) >= 11 is 1.53. The number of thiophene rings is 1. The zero-order valence-corrected chi connectivity index (χ0v) is 14.1. The lowest BCUT2D eigenvalue weighted by Crippen LogP contribution is -2.29. The van der Waals surface area contributed by atoms with Crippen LogP contribution in [0.15, 0.2) is 6.07 Å². The Kier molecular flexibility index (Phi) is 5.79. The number of hydrazine groups is 1. The van der Waals surface area contributed by atoms with E-state index in [1.165, 1.54) is 41.0 Å². The van der Waals surface area contributed by atoms with E-state index in [-0.39, 0.29) is 5.91 Å². The molecule has 4 nitrogen and oxygen atoms in total. The second kappa shape index (κ2) is 7.38. The van der Waals surface area contributed by atoms with Crippen LogP contribution in [0, 0.1) is 18.8 Å². The number of carbonyl (C=O) groups excluding carboxylic acids is 1. The number of likely N-dealkylation sites (tertiary alicyclic amines) is 1. The largest absolute Gasteiger partial charge is 0.299 e. The molecule has 1 aliphatic rings. The highest BCUT2D eigenvalue weighted by Crippen LogP contribution is 2.27. The van der Waals surface area contributed by atoms with Gasteiger partial charge in [-0.1, -0.05) is 13.8 Å². The van der Waals surface area contributed by atoms with Crippen LogP contribution in [0.25, 0.3) is 0 Å². The summed E-state index contributed by atoms with van der Waals surface area (Å²) in [7, 11) is 0. The fourth-order valence-electron chi connectivity index (χ4n) is 3.11. The molecule has 21 heavy (non-hydrogen) atoms. The molecule has 0 radical (unpaired) electrons. The summed E-state index contributed by atoms with van der Waals surface area (Å²) in [5.74, 6) is 6.66. The van der Waals surface area contributed by atoms with E-state index in [4.69, 9.17) is 5.84 Å². The standard InChI is InChI=1S/C16H27N3OS/c1-11(2)13-5-4-7-19(8-6-13)10-14-9-15(16(20)18-17)21-12(14)3/h9,11,13H,4-8,10,17H2,1-3H3,(H,18,20). The molecule has 0 aliphatic carbocycles. The van der Waals surface area contributed by atoms with Gasteiger partial charge < -0.3 is 0 Å². The molecule has 5 heteroatoms. The van der Waals surface area contributed by atoms with Crippen molar-refractivity contribution >= 4 is 17.2 Å². The van der Waals surface area contributed by atoms with Crippen molar-refractivity contribution in [3.8, 4) is 0 Å². The quantitative estimate of drug-likeness (QED) is 0.511. The molecule has 0 aromatic carbocycles. The highest BCUT2D eigenvalue weighted by Gasteiger charge is 2.20. The van der Waals surface area contributed by atoms with Gasteiger partial charge in [-0.3, -0.25) is 15.1 Å². The summed E-state index contributed by atoms with van der Waals surface area (Å²) < 4.78 is 0. The van der Waals surface area contributed by atoms with Crippen LogP contribution >= 0.6 is 11.3 Å². The van der Waals surface area contributed by atoms with Crippen molar-refractivity contribution in [1.29, 1.82) is 0 Å². The topological polar surface area (TPSA) is 58.4 Å². The van der Waals surface area contributed by atoms with Crippen molar-refractivity contribution in [3.63, 3.8) is 0 Å². The highest BCUT2D eigenvalue weighted by molar-refractivity contribution is 7.14. The number of carbonyl (C=O) groups is 1. The molecule has 0 saturated carbocycles. The van der Waals surface area contributed by atoms with Crippen LogP contribution in [0.3, 0.4) is 0 Å². The minimum absolute atomic E-state index is 0.190. The number of nitrogen functional groups attached to an aromatic ring is 1. The molecular weight excluding hydrogens is 282 g/mol. The lowest BCUT2D eigenvalue weighted by Gasteiger charge is -2.21. The molecule has 1 saturated heterocycles. The maximum absolute atomic E-state index is 11.6. The Labute approximate surface area is 131 Å². The van der Waals surface area contributed by atoms with E-state index in [0.717, 1.165) is 31.5 Å². The first-order valence-corrected chi connectivity index (χ1v) is 8.65. The van der Waals surface area contributed by atoms with Gasteiger partial charge in [0.2, 0.25) is 0 Å². The van der Waals surface area contributed by atoms with Gasteiger partial charge in [0.05, 0.1) is 4.88 Å². The van der Waals surface area contributed by atoms with Gasteiger partial charge in [0.1, 0.15) is 0 Å². The van der Waals surface area contributed by atoms with E-state index in [9.17, 15) is 4.79 Å². The third kappa shape index (κ3) is 4.28. The van der Waals surface area contributed by atoms with Crippen LogP contribution in [-0.4, -0.2) is 23.9 Å². The van der Waals surface area contributed by atoms with Gasteiger partial charge in [-0.05, 0) is 62.7 Å². The molecule has 1 amide bonds. The lowest BCUT2D eigenvalue weighted by molar-refractivity contribution is 0.0957. The highest BCUT2D eigenvalue weighted by atomic mass is 32.1. The van der Waals surface area contributed by atoms with Crippen LogP contribution in [0.2, 0.25) is 0 Å². The first-order valence-electron chi connectivity index (χ1n) is 7.84. The third-order valence-electron chi connectivity index (χ3n) is 4.58. The van der Waals surface area contributed by atoms with Crippen molar-refractivity contribution in [1.82, 2.24) is 10.3 Å². The summed E-state index contributed by atoms with van der Waals surface area (Å²) in [5, 5.41) is 0. The number of nitrogens with zero attached hydrogens (tertiary/aromatic N) is 1. The van der Waals surface area contributed by atoms with E-state index in [1.807, 2.05) is 6.07 Å². The van der Waals surface area contributed by atoms with E-state index >= 15 is 0 Å². The fourth-order valence-corrected chi connectivity index (χ4v) is 4.04. The molecule has 1 aliphatic heterocycles. The average molecular weight is 309 g/mol. The summed E-state index contributed by atoms with van der Waals surface area (Å²) in [5.41, 5.74) is 3.48. The van der Waals surface area contributed by atoms with E-state index in [2.05, 4.69) is 31.1 Å². The van der Waals surface area contributed by atoms with Crippen LogP contribution in [-0.2, 0) is 6.54 Å². The molecule has 1 fully saturated rings. The maximum Gasteiger partial charge on any atom is 0.275 e. The van der Waals surface area contributed by atoms with Gasteiger partial charge in [0.25, 0.3) is 5.91 Å². The molecule has 118 valence electrons. The smallest absolute Gasteiger partial charge is 0.275 e. The van der Waals surface area contributed by atoms with Gasteiger partial charge in [0.15, 0.2) is 0 Å². The minimum atomic E-state index is -0.190. The van der Waals surface area contributed by atoms with Crippen LogP contribution < -0.4 is 11.3 Å². The Morgan fingerprint density at radius 1 is 1.48 bits per heavy atom. The van der Waals surface area contributed by atoms with Crippen molar-refractivity contribution in [2.45, 2.75) is 46.6 Å². The zero-order valence-electron chi connectivity index (χ0n) is 13.3. The first kappa shape index (κ1) is 16.5. The van der Waals surface area contributed by atoms with Crippen LogP contribution in [0.1, 0.15) is 53.2 Å². The number of nitrogens with one attached hydrogen (secondary N) is 1. The second-order valence-corrected chi connectivity index (χ2v) is 7.63. The normalized spacial score (nSPS) is 20.5. The van der Waals surface area contributed by atoms with Crippen molar-refractivity contribution in [2.24, 2.45) is 17.7 Å². The predicted molar refractivity (Wildman–Crippen MR) is 88.2 cm³/mol. The molecule has 0 bridgehead atoms. The van der Waals surface area contributed by atoms with Gasteiger partial charge in [-0.2, -0.15) is 0 Å². The SMILES string of the molecule is Cc1sc(C(=O)NN)cc1CN1CCCC(C(C)C)CC1. The number of amides is 1. The van der Waals surface area contributed by atoms with Crippen molar-refractivity contribution in [3.05, 3.63) is 21.4 Å². The molecule has 2 heterocycles. The monoisotopic (exact) mass is 309 g/mol. The molecular formula is C16H27N3OS. The number of rotatable bonds is 4. The van der Waals surface area contributed by atoms with E-state index < -0.39 is 0 Å². The number of hydrogen-bond acceptors (Lipinski definition) is 4. The number of aryl methyl sites for hydroxylation is 1. The summed E-state index contributed by atoms with van der Waals surface area (Å²) in [6.45, 7) is 10.0. The second-order valence-electron chi connectivity index (χ2n) is 6.38. The molecule has 1 unspecified atom stereocenters. The number of hydrogen-bond donors (Lipinski definition) is 2. The van der Waals surface area contributed by atoms with Gasteiger partial charge >= 0.3 is 0 Å². The van der Waals surface area contributed by atoms with Crippen molar-refractivity contribution in [2.75, 3.05) is 13.1 Å². The Morgan fingerprint density at radius 3 is 2.90 bits per heavy atom. The summed E-state index contributed by atoms with van der Waals surface area (Å²) in [6, 6.07) is 1.99. The first-order chi connectivity index (χ1) is 10.0. The Balaban J connectivity index is 1.98. The molecule has 1 atom stereocenters.